The fraction of sp³-hybridized carbons (Fsp3) is 0.269. The van der Waals surface area contributed by atoms with Gasteiger partial charge in [0.25, 0.3) is 0 Å². The first kappa shape index (κ1) is 22.4. The van der Waals surface area contributed by atoms with Gasteiger partial charge in [0.1, 0.15) is 6.04 Å². The third-order valence-electron chi connectivity index (χ3n) is 5.36. The van der Waals surface area contributed by atoms with Crippen molar-refractivity contribution in [2.24, 2.45) is 0 Å². The van der Waals surface area contributed by atoms with Gasteiger partial charge in [0.05, 0.1) is 14.2 Å². The molecule has 0 saturated carbocycles. The standard InChI is InChI=1S/C26H30N2O3/c1-18-14-15-19(2)22(16-18)27-26(29)24(20-10-7-6-8-11-20)28(3)17-21-12-9-13-23(30-4)25(21)31-5/h6-16,24H,17H2,1-5H3,(H,27,29)/t24-/m1/s1. The van der Waals surface area contributed by atoms with Crippen molar-refractivity contribution in [3.05, 3.63) is 89.0 Å². The highest BCUT2D eigenvalue weighted by Crippen LogP contribution is 2.33. The highest BCUT2D eigenvalue weighted by Gasteiger charge is 2.27. The average molecular weight is 419 g/mol. The molecule has 0 spiro atoms. The van der Waals surface area contributed by atoms with Gasteiger partial charge in [-0.25, -0.2) is 0 Å². The number of nitrogens with one attached hydrogen (secondary N) is 1. The van der Waals surface area contributed by atoms with Crippen LogP contribution in [0.15, 0.2) is 66.7 Å². The van der Waals surface area contributed by atoms with Gasteiger partial charge >= 0.3 is 0 Å². The van der Waals surface area contributed by atoms with Gasteiger partial charge in [-0.2, -0.15) is 0 Å². The molecular weight excluding hydrogens is 388 g/mol. The molecule has 5 heteroatoms. The van der Waals surface area contributed by atoms with Gasteiger partial charge in [-0.3, -0.25) is 9.69 Å². The lowest BCUT2D eigenvalue weighted by molar-refractivity contribution is -0.121. The van der Waals surface area contributed by atoms with Crippen LogP contribution in [0, 0.1) is 13.8 Å². The highest BCUT2D eigenvalue weighted by molar-refractivity contribution is 5.96. The largest absolute Gasteiger partial charge is 0.493 e. The van der Waals surface area contributed by atoms with Gasteiger partial charge in [-0.1, -0.05) is 54.6 Å². The number of aryl methyl sites for hydroxylation is 2. The molecule has 0 aliphatic rings. The van der Waals surface area contributed by atoms with Gasteiger partial charge < -0.3 is 14.8 Å². The summed E-state index contributed by atoms with van der Waals surface area (Å²) in [6.07, 6.45) is 0. The zero-order chi connectivity index (χ0) is 22.4. The summed E-state index contributed by atoms with van der Waals surface area (Å²) < 4.78 is 11.0. The second-order valence-electron chi connectivity index (χ2n) is 7.69. The lowest BCUT2D eigenvalue weighted by Crippen LogP contribution is -2.34. The number of hydrogen-bond acceptors (Lipinski definition) is 4. The third kappa shape index (κ3) is 5.25. The zero-order valence-corrected chi connectivity index (χ0v) is 18.8. The van der Waals surface area contributed by atoms with Crippen molar-refractivity contribution in [1.29, 1.82) is 0 Å². The van der Waals surface area contributed by atoms with Crippen LogP contribution in [-0.4, -0.2) is 32.1 Å². The van der Waals surface area contributed by atoms with E-state index in [-0.39, 0.29) is 5.91 Å². The van der Waals surface area contributed by atoms with Gasteiger partial charge in [-0.15, -0.1) is 0 Å². The maximum atomic E-state index is 13.5. The summed E-state index contributed by atoms with van der Waals surface area (Å²) in [4.78, 5) is 15.5. The average Bonchev–Trinajstić information content (AvgIpc) is 2.77. The SMILES string of the molecule is COc1cccc(CN(C)[C@@H](C(=O)Nc2cc(C)ccc2C)c2ccccc2)c1OC. The van der Waals surface area contributed by atoms with Crippen LogP contribution in [0.2, 0.25) is 0 Å². The number of rotatable bonds is 8. The minimum atomic E-state index is -0.475. The predicted octanol–water partition coefficient (Wildman–Crippen LogP) is 5.13. The van der Waals surface area contributed by atoms with Crippen LogP contribution in [0.1, 0.15) is 28.3 Å². The molecule has 3 rings (SSSR count). The van der Waals surface area contributed by atoms with Gasteiger partial charge in [0.2, 0.25) is 5.91 Å². The van der Waals surface area contributed by atoms with Gasteiger partial charge in [-0.05, 0) is 49.7 Å². The molecule has 3 aromatic rings. The summed E-state index contributed by atoms with van der Waals surface area (Å²) in [6.45, 7) is 4.53. The fourth-order valence-corrected chi connectivity index (χ4v) is 3.75. The van der Waals surface area contributed by atoms with E-state index in [1.54, 1.807) is 14.2 Å². The van der Waals surface area contributed by atoms with Crippen molar-refractivity contribution in [1.82, 2.24) is 4.90 Å². The molecule has 0 bridgehead atoms. The number of carbonyl (C=O) groups excluding carboxylic acids is 1. The number of para-hydroxylation sites is 1. The number of hydrogen-bond donors (Lipinski definition) is 1. The topological polar surface area (TPSA) is 50.8 Å². The van der Waals surface area contributed by atoms with E-state index in [0.29, 0.717) is 18.0 Å². The van der Waals surface area contributed by atoms with Crippen molar-refractivity contribution in [2.75, 3.05) is 26.6 Å². The van der Waals surface area contributed by atoms with Crippen LogP contribution in [0.25, 0.3) is 0 Å². The maximum absolute atomic E-state index is 13.5. The van der Waals surface area contributed by atoms with E-state index < -0.39 is 6.04 Å². The maximum Gasteiger partial charge on any atom is 0.246 e. The number of amides is 1. The first-order chi connectivity index (χ1) is 14.9. The summed E-state index contributed by atoms with van der Waals surface area (Å²) in [5.74, 6) is 1.27. The lowest BCUT2D eigenvalue weighted by atomic mass is 10.0. The number of ether oxygens (including phenoxy) is 2. The van der Waals surface area contributed by atoms with Crippen LogP contribution < -0.4 is 14.8 Å². The summed E-state index contributed by atoms with van der Waals surface area (Å²) in [5.41, 5.74) is 4.84. The number of nitrogens with zero attached hydrogens (tertiary/aromatic N) is 1. The van der Waals surface area contributed by atoms with Crippen LogP contribution in [0.3, 0.4) is 0 Å². The molecule has 5 nitrogen and oxygen atoms in total. The van der Waals surface area contributed by atoms with Crippen LogP contribution in [0.4, 0.5) is 5.69 Å². The molecule has 1 amide bonds. The number of carbonyl (C=O) groups is 1. The summed E-state index contributed by atoms with van der Waals surface area (Å²) >= 11 is 0. The number of likely N-dealkylation sites (N-methyl/N-ethyl adjacent to an activating group) is 1. The highest BCUT2D eigenvalue weighted by atomic mass is 16.5. The Kier molecular flexibility index (Phi) is 7.32. The predicted molar refractivity (Wildman–Crippen MR) is 125 cm³/mol. The van der Waals surface area contributed by atoms with E-state index in [2.05, 4.69) is 5.32 Å². The molecular formula is C26H30N2O3. The summed E-state index contributed by atoms with van der Waals surface area (Å²) in [5, 5.41) is 3.13. The van der Waals surface area contributed by atoms with Crippen molar-refractivity contribution in [2.45, 2.75) is 26.4 Å². The third-order valence-corrected chi connectivity index (χ3v) is 5.36. The quantitative estimate of drug-likeness (QED) is 0.551. The van der Waals surface area contributed by atoms with E-state index in [4.69, 9.17) is 9.47 Å². The summed E-state index contributed by atoms with van der Waals surface area (Å²) in [6, 6.07) is 21.2. The molecule has 0 aliphatic carbocycles. The number of methoxy groups -OCH3 is 2. The zero-order valence-electron chi connectivity index (χ0n) is 18.8. The van der Waals surface area contributed by atoms with Gasteiger partial charge in [0.15, 0.2) is 11.5 Å². The Balaban J connectivity index is 1.93. The smallest absolute Gasteiger partial charge is 0.246 e. The first-order valence-corrected chi connectivity index (χ1v) is 10.3. The van der Waals surface area contributed by atoms with Crippen molar-refractivity contribution >= 4 is 11.6 Å². The molecule has 31 heavy (non-hydrogen) atoms. The van der Waals surface area contributed by atoms with E-state index in [0.717, 1.165) is 27.9 Å². The van der Waals surface area contributed by atoms with Crippen molar-refractivity contribution < 1.29 is 14.3 Å². The molecule has 0 radical (unpaired) electrons. The minimum Gasteiger partial charge on any atom is -0.493 e. The molecule has 3 aromatic carbocycles. The Bertz CT molecular complexity index is 1030. The second kappa shape index (κ2) is 10.1. The van der Waals surface area contributed by atoms with E-state index in [9.17, 15) is 4.79 Å². The number of benzene rings is 3. The van der Waals surface area contributed by atoms with E-state index in [1.165, 1.54) is 0 Å². The molecule has 162 valence electrons. The molecule has 1 atom stereocenters. The Hall–Kier alpha value is -3.31. The van der Waals surface area contributed by atoms with Crippen molar-refractivity contribution in [3.8, 4) is 11.5 Å². The molecule has 0 unspecified atom stereocenters. The van der Waals surface area contributed by atoms with Crippen LogP contribution in [-0.2, 0) is 11.3 Å². The lowest BCUT2D eigenvalue weighted by Gasteiger charge is -2.28. The van der Waals surface area contributed by atoms with Gasteiger partial charge in [0, 0.05) is 17.8 Å². The van der Waals surface area contributed by atoms with E-state index >= 15 is 0 Å². The molecule has 0 heterocycles. The Labute approximate surface area is 184 Å². The molecule has 0 saturated heterocycles. The minimum absolute atomic E-state index is 0.0794. The Morgan fingerprint density at radius 1 is 0.968 bits per heavy atom. The monoisotopic (exact) mass is 418 g/mol. The Morgan fingerprint density at radius 2 is 1.71 bits per heavy atom. The van der Waals surface area contributed by atoms with Crippen molar-refractivity contribution in [3.63, 3.8) is 0 Å². The Morgan fingerprint density at radius 3 is 2.39 bits per heavy atom. The number of anilines is 1. The normalized spacial score (nSPS) is 11.8. The van der Waals surface area contributed by atoms with Crippen LogP contribution in [0.5, 0.6) is 11.5 Å². The fourth-order valence-electron chi connectivity index (χ4n) is 3.75. The van der Waals surface area contributed by atoms with E-state index in [1.807, 2.05) is 92.5 Å². The summed E-state index contributed by atoms with van der Waals surface area (Å²) in [7, 11) is 5.19. The first-order valence-electron chi connectivity index (χ1n) is 10.3. The molecule has 1 N–H and O–H groups in total. The molecule has 0 aromatic heterocycles. The second-order valence-corrected chi connectivity index (χ2v) is 7.69. The molecule has 0 aliphatic heterocycles. The van der Waals surface area contributed by atoms with Crippen LogP contribution >= 0.6 is 0 Å². The molecule has 0 fully saturated rings.